The zero-order valence-corrected chi connectivity index (χ0v) is 25.0. The number of nitrogens with two attached hydrogens (primary N) is 1. The predicted molar refractivity (Wildman–Crippen MR) is 163 cm³/mol. The van der Waals surface area contributed by atoms with Crippen LogP contribution in [0.5, 0.6) is 5.75 Å². The number of likely N-dealkylation sites (N-methyl/N-ethyl adjacent to an activating group) is 1. The van der Waals surface area contributed by atoms with Crippen LogP contribution in [-0.4, -0.2) is 73.6 Å². The zero-order chi connectivity index (χ0) is 30.5. The number of hydrogen-bond acceptors (Lipinski definition) is 8. The molecule has 12 nitrogen and oxygen atoms in total. The summed E-state index contributed by atoms with van der Waals surface area (Å²) in [5, 5.41) is 13.5. The Morgan fingerprint density at radius 2 is 1.90 bits per heavy atom. The van der Waals surface area contributed by atoms with Gasteiger partial charge in [0.25, 0.3) is 11.5 Å². The Kier molecular flexibility index (Phi) is 7.88. The van der Waals surface area contributed by atoms with E-state index in [2.05, 4.69) is 39.1 Å². The van der Waals surface area contributed by atoms with Crippen molar-refractivity contribution in [2.75, 3.05) is 36.9 Å². The molecule has 4 N–H and O–H groups in total. The first kappa shape index (κ1) is 29.4. The van der Waals surface area contributed by atoms with Crippen LogP contribution in [0.25, 0.3) is 22.2 Å². The number of rotatable bonds is 6. The van der Waals surface area contributed by atoms with Gasteiger partial charge in [0.2, 0.25) is 5.91 Å². The summed E-state index contributed by atoms with van der Waals surface area (Å²) in [6.07, 6.45) is 3.09. The molecule has 1 saturated heterocycles. The lowest BCUT2D eigenvalue weighted by molar-refractivity contribution is -0.116. The third-order valence-electron chi connectivity index (χ3n) is 7.52. The molecule has 1 aromatic carbocycles. The number of aromatic nitrogens is 4. The molecule has 1 atom stereocenters. The molecule has 42 heavy (non-hydrogen) atoms. The molecular weight excluding hydrogens is 583 g/mol. The molecule has 14 heteroatoms. The van der Waals surface area contributed by atoms with Crippen molar-refractivity contribution in [3.05, 3.63) is 62.4 Å². The van der Waals surface area contributed by atoms with Gasteiger partial charge in [-0.3, -0.25) is 19.0 Å². The van der Waals surface area contributed by atoms with Crippen LogP contribution < -0.4 is 21.5 Å². The summed E-state index contributed by atoms with van der Waals surface area (Å²) in [4.78, 5) is 52.1. The summed E-state index contributed by atoms with van der Waals surface area (Å²) >= 11 is 12.6. The van der Waals surface area contributed by atoms with E-state index in [1.807, 2.05) is 0 Å². The van der Waals surface area contributed by atoms with Gasteiger partial charge in [0, 0.05) is 50.6 Å². The number of aromatic hydroxyl groups is 1. The summed E-state index contributed by atoms with van der Waals surface area (Å²) in [7, 11) is 3.66. The molecule has 5 rings (SSSR count). The number of carbonyl (C=O) groups is 2. The maximum absolute atomic E-state index is 13.4. The van der Waals surface area contributed by atoms with Crippen LogP contribution in [0.3, 0.4) is 0 Å². The summed E-state index contributed by atoms with van der Waals surface area (Å²) in [6, 6.07) is 4.74. The molecular formula is C28H30Cl2N8O4. The average molecular weight is 614 g/mol. The first-order valence-electron chi connectivity index (χ1n) is 13.2. The maximum atomic E-state index is 13.4. The Labute approximate surface area is 251 Å². The van der Waals surface area contributed by atoms with Crippen LogP contribution >= 0.6 is 23.2 Å². The fourth-order valence-electron chi connectivity index (χ4n) is 5.21. The lowest BCUT2D eigenvalue weighted by Crippen LogP contribution is -2.50. The number of anilines is 2. The van der Waals surface area contributed by atoms with Gasteiger partial charge in [0.15, 0.2) is 0 Å². The quantitative estimate of drug-likeness (QED) is 0.300. The van der Waals surface area contributed by atoms with E-state index in [1.54, 1.807) is 26.2 Å². The van der Waals surface area contributed by atoms with Crippen LogP contribution in [0.15, 0.2) is 35.4 Å². The molecule has 3 aromatic heterocycles. The lowest BCUT2D eigenvalue weighted by atomic mass is 10.0. The van der Waals surface area contributed by atoms with Gasteiger partial charge in [-0.1, -0.05) is 23.2 Å². The molecule has 4 aromatic rings. The fraction of sp³-hybridized carbons (Fsp3) is 0.321. The number of phenols is 1. The molecule has 1 fully saturated rings. The van der Waals surface area contributed by atoms with Crippen molar-refractivity contribution in [2.45, 2.75) is 26.4 Å². The van der Waals surface area contributed by atoms with Crippen molar-refractivity contribution >= 4 is 57.6 Å². The van der Waals surface area contributed by atoms with Crippen molar-refractivity contribution in [1.82, 2.24) is 24.0 Å². The van der Waals surface area contributed by atoms with Gasteiger partial charge < -0.3 is 30.5 Å². The SMILES string of the molecule is Cc1nc2c(c(-c3cc(Cl)c(O)c(C(N)=O)c3)cn2CC(=O)Nc2cc(N3CCN(C)C[C@@H]3C)ncc2Cl)c(=O)n1C. The van der Waals surface area contributed by atoms with Crippen LogP contribution in [0.1, 0.15) is 23.1 Å². The van der Waals surface area contributed by atoms with Gasteiger partial charge in [-0.15, -0.1) is 0 Å². The van der Waals surface area contributed by atoms with Gasteiger partial charge in [-0.2, -0.15) is 0 Å². The molecule has 0 unspecified atom stereocenters. The van der Waals surface area contributed by atoms with E-state index in [1.165, 1.54) is 27.5 Å². The normalized spacial score (nSPS) is 15.8. The first-order chi connectivity index (χ1) is 19.8. The Bertz CT molecular complexity index is 1800. The van der Waals surface area contributed by atoms with Crippen LogP contribution in [-0.2, 0) is 18.4 Å². The molecule has 1 aliphatic heterocycles. The Morgan fingerprint density at radius 1 is 1.17 bits per heavy atom. The van der Waals surface area contributed by atoms with E-state index >= 15 is 0 Å². The smallest absolute Gasteiger partial charge is 0.263 e. The third kappa shape index (κ3) is 5.40. The third-order valence-corrected chi connectivity index (χ3v) is 8.10. The number of hydrogen-bond donors (Lipinski definition) is 3. The monoisotopic (exact) mass is 612 g/mol. The van der Waals surface area contributed by atoms with E-state index in [0.717, 1.165) is 19.6 Å². The topological polar surface area (TPSA) is 152 Å². The fourth-order valence-corrected chi connectivity index (χ4v) is 5.58. The number of pyridine rings is 1. The Hall–Kier alpha value is -4.13. The number of primary amides is 1. The van der Waals surface area contributed by atoms with Crippen molar-refractivity contribution in [1.29, 1.82) is 0 Å². The maximum Gasteiger partial charge on any atom is 0.263 e. The molecule has 220 valence electrons. The number of aryl methyl sites for hydroxylation is 1. The number of nitrogens with zero attached hydrogens (tertiary/aromatic N) is 6. The summed E-state index contributed by atoms with van der Waals surface area (Å²) < 4.78 is 2.92. The highest BCUT2D eigenvalue weighted by molar-refractivity contribution is 6.34. The van der Waals surface area contributed by atoms with E-state index in [9.17, 15) is 19.5 Å². The minimum absolute atomic E-state index is 0.116. The Balaban J connectivity index is 1.52. The van der Waals surface area contributed by atoms with Crippen LogP contribution in [0, 0.1) is 6.92 Å². The second kappa shape index (κ2) is 11.3. The largest absolute Gasteiger partial charge is 0.506 e. The predicted octanol–water partition coefficient (Wildman–Crippen LogP) is 3.00. The van der Waals surface area contributed by atoms with Gasteiger partial charge in [-0.25, -0.2) is 9.97 Å². The average Bonchev–Trinajstić information content (AvgIpc) is 3.27. The van der Waals surface area contributed by atoms with Crippen LogP contribution in [0.4, 0.5) is 11.5 Å². The lowest BCUT2D eigenvalue weighted by Gasteiger charge is -2.39. The van der Waals surface area contributed by atoms with Gasteiger partial charge in [0.1, 0.15) is 29.6 Å². The first-order valence-corrected chi connectivity index (χ1v) is 13.9. The van der Waals surface area contributed by atoms with Crippen molar-refractivity contribution in [2.24, 2.45) is 12.8 Å². The summed E-state index contributed by atoms with van der Waals surface area (Å²) in [5.74, 6) is -0.619. The number of nitrogens with one attached hydrogen (secondary N) is 1. The molecule has 0 radical (unpaired) electrons. The summed E-state index contributed by atoms with van der Waals surface area (Å²) in [5.41, 5.74) is 6.25. The minimum atomic E-state index is -0.888. The number of carbonyl (C=O) groups excluding carboxylic acids is 2. The molecule has 4 heterocycles. The molecule has 0 saturated carbocycles. The van der Waals surface area contributed by atoms with Gasteiger partial charge >= 0.3 is 0 Å². The van der Waals surface area contributed by atoms with Crippen molar-refractivity contribution in [3.8, 4) is 16.9 Å². The number of fused-ring (bicyclic) bond motifs is 1. The van der Waals surface area contributed by atoms with Crippen molar-refractivity contribution in [3.63, 3.8) is 0 Å². The highest BCUT2D eigenvalue weighted by atomic mass is 35.5. The van der Waals surface area contributed by atoms with E-state index < -0.39 is 17.6 Å². The van der Waals surface area contributed by atoms with E-state index in [-0.39, 0.29) is 44.8 Å². The van der Waals surface area contributed by atoms with Gasteiger partial charge in [-0.05, 0) is 38.6 Å². The van der Waals surface area contributed by atoms with E-state index in [0.29, 0.717) is 28.5 Å². The van der Waals surface area contributed by atoms with Gasteiger partial charge in [0.05, 0.1) is 32.9 Å². The second-order valence-corrected chi connectivity index (χ2v) is 11.3. The number of benzene rings is 1. The second-order valence-electron chi connectivity index (χ2n) is 10.5. The molecule has 0 aliphatic carbocycles. The minimum Gasteiger partial charge on any atom is -0.506 e. The molecule has 0 bridgehead atoms. The number of amides is 2. The number of halogens is 2. The molecule has 0 spiro atoms. The Morgan fingerprint density at radius 3 is 2.60 bits per heavy atom. The summed E-state index contributed by atoms with van der Waals surface area (Å²) in [6.45, 7) is 6.15. The van der Waals surface area contributed by atoms with Crippen molar-refractivity contribution < 1.29 is 14.7 Å². The molecule has 2 amide bonds. The zero-order valence-electron chi connectivity index (χ0n) is 23.5. The molecule has 1 aliphatic rings. The standard InChI is InChI=1S/C28H30Cl2N8O4/c1-14-11-35(3)5-6-38(14)22-9-21(20(30)10-32-22)34-23(39)13-37-12-18(24-27(37)33-15(2)36(4)28(24)42)16-7-17(26(31)41)25(40)19(29)8-16/h7-10,12,14,40H,5-6,11,13H2,1-4H3,(H2,31,41)(H,32,34,39)/t14-/m0/s1. The van der Waals surface area contributed by atoms with E-state index in [4.69, 9.17) is 28.9 Å². The highest BCUT2D eigenvalue weighted by Gasteiger charge is 2.25. The van der Waals surface area contributed by atoms with Crippen LogP contribution in [0.2, 0.25) is 10.0 Å². The highest BCUT2D eigenvalue weighted by Crippen LogP contribution is 2.36. The number of piperazine rings is 1.